The van der Waals surface area contributed by atoms with Crippen molar-refractivity contribution in [1.82, 2.24) is 4.72 Å². The zero-order chi connectivity index (χ0) is 14.1. The van der Waals surface area contributed by atoms with Crippen molar-refractivity contribution in [2.45, 2.75) is 16.9 Å². The first-order valence-electron chi connectivity index (χ1n) is 5.58. The molecule has 0 saturated carbocycles. The van der Waals surface area contributed by atoms with Crippen LogP contribution in [0.5, 0.6) is 0 Å². The highest BCUT2D eigenvalue weighted by Crippen LogP contribution is 2.21. The quantitative estimate of drug-likeness (QED) is 0.842. The molecule has 0 amide bonds. The Morgan fingerprint density at radius 1 is 1.37 bits per heavy atom. The summed E-state index contributed by atoms with van der Waals surface area (Å²) in [5.74, 6) is -2.36. The van der Waals surface area contributed by atoms with E-state index < -0.39 is 32.2 Å². The molecule has 5 nitrogen and oxygen atoms in total. The Morgan fingerprint density at radius 3 is 2.53 bits per heavy atom. The molecule has 1 aromatic carbocycles. The summed E-state index contributed by atoms with van der Waals surface area (Å²) in [6.45, 7) is -0.0648. The fourth-order valence-corrected chi connectivity index (χ4v) is 3.03. The van der Waals surface area contributed by atoms with E-state index in [1.54, 1.807) is 0 Å². The molecular formula is C11H13F2NO4S. The second-order valence-corrected chi connectivity index (χ2v) is 6.11. The molecule has 8 heteroatoms. The Kier molecular flexibility index (Phi) is 3.86. The normalized spacial score (nSPS) is 23.7. The topological polar surface area (TPSA) is 75.6 Å². The summed E-state index contributed by atoms with van der Waals surface area (Å²) < 4.78 is 57.4. The Labute approximate surface area is 109 Å². The number of aliphatic hydroxyl groups is 1. The molecule has 0 aliphatic carbocycles. The summed E-state index contributed by atoms with van der Waals surface area (Å²) >= 11 is 0. The smallest absolute Gasteiger partial charge is 0.246 e. The van der Waals surface area contributed by atoms with Crippen LogP contribution in [0.4, 0.5) is 8.78 Å². The highest BCUT2D eigenvalue weighted by molar-refractivity contribution is 7.89. The third kappa shape index (κ3) is 3.08. The van der Waals surface area contributed by atoms with Gasteiger partial charge < -0.3 is 9.84 Å². The number of nitrogens with one attached hydrogen (secondary N) is 1. The lowest BCUT2D eigenvalue weighted by Gasteiger charge is -2.20. The molecule has 1 aliphatic rings. The van der Waals surface area contributed by atoms with Crippen LogP contribution in [-0.4, -0.2) is 38.9 Å². The van der Waals surface area contributed by atoms with Gasteiger partial charge in [-0.15, -0.1) is 0 Å². The third-order valence-corrected chi connectivity index (χ3v) is 4.31. The average Bonchev–Trinajstić information content (AvgIpc) is 2.74. The van der Waals surface area contributed by atoms with Crippen LogP contribution in [0.3, 0.4) is 0 Å². The minimum atomic E-state index is -4.36. The molecule has 1 aliphatic heterocycles. The van der Waals surface area contributed by atoms with Crippen LogP contribution in [-0.2, 0) is 14.8 Å². The van der Waals surface area contributed by atoms with Crippen molar-refractivity contribution in [3.63, 3.8) is 0 Å². The zero-order valence-electron chi connectivity index (χ0n) is 9.90. The number of sulfonamides is 1. The second-order valence-electron chi connectivity index (χ2n) is 4.40. The molecule has 1 heterocycles. The maximum absolute atomic E-state index is 13.4. The van der Waals surface area contributed by atoms with E-state index in [2.05, 4.69) is 0 Å². The van der Waals surface area contributed by atoms with Crippen molar-refractivity contribution in [3.05, 3.63) is 29.8 Å². The molecule has 2 N–H and O–H groups in total. The lowest BCUT2D eigenvalue weighted by molar-refractivity contribution is 0.0314. The number of hydrogen-bond acceptors (Lipinski definition) is 4. The summed E-state index contributed by atoms with van der Waals surface area (Å²) in [6, 6.07) is 2.78. The Balaban J connectivity index is 2.19. The van der Waals surface area contributed by atoms with Crippen LogP contribution >= 0.6 is 0 Å². The van der Waals surface area contributed by atoms with Crippen LogP contribution in [0, 0.1) is 11.6 Å². The molecule has 1 saturated heterocycles. The van der Waals surface area contributed by atoms with Gasteiger partial charge >= 0.3 is 0 Å². The molecule has 1 atom stereocenters. The molecule has 0 spiro atoms. The van der Waals surface area contributed by atoms with E-state index in [4.69, 9.17) is 4.74 Å². The van der Waals surface area contributed by atoms with Gasteiger partial charge in [0.2, 0.25) is 10.0 Å². The minimum Gasteiger partial charge on any atom is -0.386 e. The Bertz CT molecular complexity index is 550. The van der Waals surface area contributed by atoms with Crippen molar-refractivity contribution in [1.29, 1.82) is 0 Å². The fraction of sp³-hybridized carbons (Fsp3) is 0.455. The van der Waals surface area contributed by atoms with Crippen LogP contribution in [0.15, 0.2) is 23.1 Å². The maximum atomic E-state index is 13.4. The van der Waals surface area contributed by atoms with Gasteiger partial charge in [0.1, 0.15) is 17.2 Å². The lowest BCUT2D eigenvalue weighted by atomic mass is 10.1. The van der Waals surface area contributed by atoms with Crippen molar-refractivity contribution >= 4 is 10.0 Å². The minimum absolute atomic E-state index is 0.0186. The van der Waals surface area contributed by atoms with E-state index in [9.17, 15) is 22.3 Å². The predicted molar refractivity (Wildman–Crippen MR) is 61.9 cm³/mol. The number of halogens is 2. The van der Waals surface area contributed by atoms with Crippen LogP contribution in [0.25, 0.3) is 0 Å². The highest BCUT2D eigenvalue weighted by Gasteiger charge is 2.34. The van der Waals surface area contributed by atoms with Crippen LogP contribution < -0.4 is 4.72 Å². The summed E-state index contributed by atoms with van der Waals surface area (Å²) in [6.07, 6.45) is 0.259. The summed E-state index contributed by atoms with van der Waals surface area (Å²) in [7, 11) is -4.36. The van der Waals surface area contributed by atoms with E-state index in [0.717, 1.165) is 18.2 Å². The first kappa shape index (κ1) is 14.3. The fourth-order valence-electron chi connectivity index (χ4n) is 1.78. The predicted octanol–water partition coefficient (Wildman–Crippen LogP) is 0.394. The summed E-state index contributed by atoms with van der Waals surface area (Å²) in [5, 5.41) is 9.90. The zero-order valence-corrected chi connectivity index (χ0v) is 10.7. The van der Waals surface area contributed by atoms with Crippen LogP contribution in [0.2, 0.25) is 0 Å². The SMILES string of the molecule is O=S(=O)(NCC1(O)CCOC1)c1c(F)cccc1F. The Hall–Kier alpha value is -1.09. The molecule has 1 fully saturated rings. The van der Waals surface area contributed by atoms with E-state index in [-0.39, 0.29) is 19.6 Å². The molecule has 0 radical (unpaired) electrons. The first-order chi connectivity index (χ1) is 8.84. The van der Waals surface area contributed by atoms with Crippen molar-refractivity contribution in [2.75, 3.05) is 19.8 Å². The molecule has 0 aromatic heterocycles. The van der Waals surface area contributed by atoms with Gasteiger partial charge in [0.05, 0.1) is 6.61 Å². The lowest BCUT2D eigenvalue weighted by Crippen LogP contribution is -2.43. The van der Waals surface area contributed by atoms with Gasteiger partial charge in [0.25, 0.3) is 0 Å². The number of rotatable bonds is 4. The van der Waals surface area contributed by atoms with Crippen LogP contribution in [0.1, 0.15) is 6.42 Å². The third-order valence-electron chi connectivity index (χ3n) is 2.86. The number of ether oxygens (including phenoxy) is 1. The van der Waals surface area contributed by atoms with E-state index in [0.29, 0.717) is 6.61 Å². The summed E-state index contributed by atoms with van der Waals surface area (Å²) in [5.41, 5.74) is -1.34. The molecule has 19 heavy (non-hydrogen) atoms. The van der Waals surface area contributed by atoms with E-state index in [1.165, 1.54) is 0 Å². The van der Waals surface area contributed by atoms with Gasteiger partial charge in [-0.3, -0.25) is 0 Å². The molecule has 2 rings (SSSR count). The van der Waals surface area contributed by atoms with Crippen molar-refractivity contribution in [2.24, 2.45) is 0 Å². The van der Waals surface area contributed by atoms with E-state index in [1.807, 2.05) is 4.72 Å². The van der Waals surface area contributed by atoms with Gasteiger partial charge in [-0.1, -0.05) is 6.07 Å². The molecule has 1 unspecified atom stereocenters. The number of hydrogen-bond donors (Lipinski definition) is 2. The Morgan fingerprint density at radius 2 is 2.00 bits per heavy atom. The second kappa shape index (κ2) is 5.12. The van der Waals surface area contributed by atoms with E-state index >= 15 is 0 Å². The molecule has 1 aromatic rings. The summed E-state index contributed by atoms with van der Waals surface area (Å²) in [4.78, 5) is -1.04. The van der Waals surface area contributed by atoms with Crippen molar-refractivity contribution in [3.8, 4) is 0 Å². The van der Waals surface area contributed by atoms with Gasteiger partial charge in [0, 0.05) is 19.6 Å². The standard InChI is InChI=1S/C11H13F2NO4S/c12-8-2-1-3-9(13)10(8)19(16,17)14-6-11(15)4-5-18-7-11/h1-3,14-15H,4-7H2. The van der Waals surface area contributed by atoms with Crippen molar-refractivity contribution < 1.29 is 27.0 Å². The van der Waals surface area contributed by atoms with Gasteiger partial charge in [-0.25, -0.2) is 21.9 Å². The maximum Gasteiger partial charge on any atom is 0.246 e. The first-order valence-corrected chi connectivity index (χ1v) is 7.06. The highest BCUT2D eigenvalue weighted by atomic mass is 32.2. The molecular weight excluding hydrogens is 280 g/mol. The monoisotopic (exact) mass is 293 g/mol. The number of benzene rings is 1. The van der Waals surface area contributed by atoms with Gasteiger partial charge in [-0.05, 0) is 12.1 Å². The van der Waals surface area contributed by atoms with Gasteiger partial charge in [-0.2, -0.15) is 0 Å². The molecule has 0 bridgehead atoms. The average molecular weight is 293 g/mol. The largest absolute Gasteiger partial charge is 0.386 e. The molecule has 106 valence electrons. The van der Waals surface area contributed by atoms with Gasteiger partial charge in [0.15, 0.2) is 4.90 Å².